The minimum absolute atomic E-state index is 0.387. The average Bonchev–Trinajstić information content (AvgIpc) is 3.28. The van der Waals surface area contributed by atoms with Crippen molar-refractivity contribution in [1.82, 2.24) is 9.88 Å². The zero-order valence-corrected chi connectivity index (χ0v) is 20.0. The van der Waals surface area contributed by atoms with Crippen molar-refractivity contribution < 1.29 is 9.47 Å². The number of nitrogens with zero attached hydrogens (tertiary/aromatic N) is 3. The molecule has 0 amide bonds. The Labute approximate surface area is 199 Å². The first-order valence-corrected chi connectivity index (χ1v) is 12.1. The van der Waals surface area contributed by atoms with E-state index in [1.165, 1.54) is 16.9 Å². The molecule has 4 rings (SSSR count). The molecule has 1 saturated heterocycles. The molecule has 0 unspecified atom stereocenters. The summed E-state index contributed by atoms with van der Waals surface area (Å²) in [7, 11) is 0. The molecule has 0 saturated carbocycles. The van der Waals surface area contributed by atoms with Gasteiger partial charge in [-0.1, -0.05) is 29.8 Å². The van der Waals surface area contributed by atoms with Gasteiger partial charge in [-0.15, -0.1) is 11.3 Å². The van der Waals surface area contributed by atoms with Crippen LogP contribution in [0.5, 0.6) is 11.5 Å². The van der Waals surface area contributed by atoms with E-state index in [0.717, 1.165) is 67.6 Å². The van der Waals surface area contributed by atoms with Gasteiger partial charge in [-0.2, -0.15) is 0 Å². The van der Waals surface area contributed by atoms with Crippen LogP contribution in [-0.4, -0.2) is 55.2 Å². The number of morpholine rings is 1. The molecule has 1 aromatic heterocycles. The topological polar surface area (TPSA) is 85.0 Å². The molecule has 1 fully saturated rings. The number of aromatic nitrogens is 1. The molecule has 8 heteroatoms. The Hall–Kier alpha value is -2.94. The number of hydrogen-bond donors (Lipinski definition) is 2. The Kier molecular flexibility index (Phi) is 7.93. The Bertz CT molecular complexity index is 1090. The van der Waals surface area contributed by atoms with Crippen LogP contribution in [-0.2, 0) is 4.74 Å². The second-order valence-corrected chi connectivity index (χ2v) is 8.96. The number of aryl methyl sites for hydroxylation is 2. The van der Waals surface area contributed by atoms with Crippen molar-refractivity contribution in [1.29, 1.82) is 0 Å². The van der Waals surface area contributed by atoms with Crippen molar-refractivity contribution in [3.63, 3.8) is 0 Å². The monoisotopic (exact) mass is 465 g/mol. The number of thiazole rings is 1. The number of para-hydroxylation sites is 1. The number of aliphatic imine (C=N–C) groups is 1. The zero-order chi connectivity index (χ0) is 23.0. The van der Waals surface area contributed by atoms with Gasteiger partial charge in [0.2, 0.25) is 0 Å². The molecule has 2 aromatic carbocycles. The highest BCUT2D eigenvalue weighted by atomic mass is 32.1. The lowest BCUT2D eigenvalue weighted by atomic mass is 10.1. The molecule has 3 aromatic rings. The van der Waals surface area contributed by atoms with Gasteiger partial charge < -0.3 is 20.5 Å². The molecule has 2 heterocycles. The molecule has 0 bridgehead atoms. The van der Waals surface area contributed by atoms with Gasteiger partial charge >= 0.3 is 0 Å². The van der Waals surface area contributed by atoms with E-state index in [4.69, 9.17) is 20.2 Å². The van der Waals surface area contributed by atoms with Crippen LogP contribution in [0.15, 0.2) is 52.8 Å². The Morgan fingerprint density at radius 2 is 2.00 bits per heavy atom. The van der Waals surface area contributed by atoms with Crippen LogP contribution in [0.3, 0.4) is 0 Å². The van der Waals surface area contributed by atoms with Crippen molar-refractivity contribution >= 4 is 22.4 Å². The molecular formula is C25H31N5O2S. The van der Waals surface area contributed by atoms with E-state index < -0.39 is 0 Å². The average molecular weight is 466 g/mol. The van der Waals surface area contributed by atoms with Crippen LogP contribution in [0.1, 0.15) is 17.5 Å². The predicted octanol–water partition coefficient (Wildman–Crippen LogP) is 4.67. The van der Waals surface area contributed by atoms with Gasteiger partial charge in [0.1, 0.15) is 11.5 Å². The smallest absolute Gasteiger partial charge is 0.194 e. The predicted molar refractivity (Wildman–Crippen MR) is 136 cm³/mol. The summed E-state index contributed by atoms with van der Waals surface area (Å²) in [6.07, 6.45) is 0.967. The molecule has 33 heavy (non-hydrogen) atoms. The Morgan fingerprint density at radius 1 is 1.18 bits per heavy atom. The zero-order valence-electron chi connectivity index (χ0n) is 19.2. The van der Waals surface area contributed by atoms with Gasteiger partial charge in [0, 0.05) is 37.1 Å². The molecule has 3 N–H and O–H groups in total. The minimum Gasteiger partial charge on any atom is -0.456 e. The van der Waals surface area contributed by atoms with E-state index in [1.54, 1.807) is 0 Å². The molecule has 0 aliphatic carbocycles. The normalized spacial score (nSPS) is 14.9. The maximum Gasteiger partial charge on any atom is 0.194 e. The van der Waals surface area contributed by atoms with Crippen molar-refractivity contribution in [3.8, 4) is 22.8 Å². The largest absolute Gasteiger partial charge is 0.456 e. The summed E-state index contributed by atoms with van der Waals surface area (Å²) in [5.74, 6) is 2.00. The van der Waals surface area contributed by atoms with Crippen LogP contribution in [0.4, 0.5) is 5.13 Å². The number of guanidine groups is 1. The Balaban J connectivity index is 1.37. The second kappa shape index (κ2) is 11.3. The molecule has 0 radical (unpaired) electrons. The third kappa shape index (κ3) is 6.54. The quantitative estimate of drug-likeness (QED) is 0.286. The number of nitrogens with two attached hydrogens (primary N) is 1. The first kappa shape index (κ1) is 23.2. The van der Waals surface area contributed by atoms with Gasteiger partial charge in [0.05, 0.1) is 18.9 Å². The number of hydrogen-bond acceptors (Lipinski definition) is 6. The van der Waals surface area contributed by atoms with Gasteiger partial charge in [-0.05, 0) is 44.0 Å². The van der Waals surface area contributed by atoms with Gasteiger partial charge in [-0.3, -0.25) is 9.89 Å². The summed E-state index contributed by atoms with van der Waals surface area (Å²) in [4.78, 5) is 11.5. The van der Waals surface area contributed by atoms with Crippen molar-refractivity contribution in [2.24, 2.45) is 10.7 Å². The SMILES string of the molecule is Cc1ccc(Oc2ccccc2-c2csc(NC(N)=NCCCN3CCOCC3)n2)c(C)c1. The molecule has 7 nitrogen and oxygen atoms in total. The van der Waals surface area contributed by atoms with Crippen LogP contribution < -0.4 is 15.8 Å². The maximum absolute atomic E-state index is 6.24. The number of nitrogens with one attached hydrogen (secondary N) is 1. The highest BCUT2D eigenvalue weighted by Gasteiger charge is 2.13. The standard InChI is InChI=1S/C25H31N5O2S/c1-18-8-9-22(19(2)16-18)32-23-7-4-3-6-20(23)21-17-33-25(28-21)29-24(26)27-10-5-11-30-12-14-31-15-13-30/h3-4,6-9,16-17H,5,10-15H2,1-2H3,(H3,26,27,28,29). The first-order chi connectivity index (χ1) is 16.1. The van der Waals surface area contributed by atoms with E-state index in [2.05, 4.69) is 41.2 Å². The fourth-order valence-electron chi connectivity index (χ4n) is 3.72. The lowest BCUT2D eigenvalue weighted by Gasteiger charge is -2.26. The van der Waals surface area contributed by atoms with Gasteiger partial charge in [0.25, 0.3) is 0 Å². The lowest BCUT2D eigenvalue weighted by molar-refractivity contribution is 0.0377. The molecule has 0 atom stereocenters. The molecule has 0 spiro atoms. The van der Waals surface area contributed by atoms with E-state index in [0.29, 0.717) is 17.6 Å². The maximum atomic E-state index is 6.24. The van der Waals surface area contributed by atoms with Crippen molar-refractivity contribution in [2.75, 3.05) is 44.7 Å². The van der Waals surface area contributed by atoms with E-state index >= 15 is 0 Å². The lowest BCUT2D eigenvalue weighted by Crippen LogP contribution is -2.37. The highest BCUT2D eigenvalue weighted by molar-refractivity contribution is 7.14. The molecule has 1 aliphatic heterocycles. The summed E-state index contributed by atoms with van der Waals surface area (Å²) in [6, 6.07) is 14.1. The van der Waals surface area contributed by atoms with Crippen LogP contribution in [0.2, 0.25) is 0 Å². The third-order valence-electron chi connectivity index (χ3n) is 5.47. The van der Waals surface area contributed by atoms with E-state index in [9.17, 15) is 0 Å². The fraction of sp³-hybridized carbons (Fsp3) is 0.360. The first-order valence-electron chi connectivity index (χ1n) is 11.3. The third-order valence-corrected chi connectivity index (χ3v) is 6.23. The van der Waals surface area contributed by atoms with Crippen LogP contribution in [0, 0.1) is 13.8 Å². The summed E-state index contributed by atoms with van der Waals surface area (Å²) < 4.78 is 11.6. The Morgan fingerprint density at radius 3 is 2.82 bits per heavy atom. The second-order valence-electron chi connectivity index (χ2n) is 8.10. The van der Waals surface area contributed by atoms with E-state index in [1.807, 2.05) is 35.7 Å². The van der Waals surface area contributed by atoms with Gasteiger partial charge in [0.15, 0.2) is 11.1 Å². The van der Waals surface area contributed by atoms with Crippen LogP contribution in [0.25, 0.3) is 11.3 Å². The molecular weight excluding hydrogens is 434 g/mol. The van der Waals surface area contributed by atoms with Gasteiger partial charge in [-0.25, -0.2) is 4.98 Å². The number of benzene rings is 2. The number of ether oxygens (including phenoxy) is 2. The fourth-order valence-corrected chi connectivity index (χ4v) is 4.44. The summed E-state index contributed by atoms with van der Waals surface area (Å²) >= 11 is 1.49. The van der Waals surface area contributed by atoms with E-state index in [-0.39, 0.29) is 0 Å². The summed E-state index contributed by atoms with van der Waals surface area (Å²) in [5.41, 5.74) is 10.2. The van der Waals surface area contributed by atoms with Crippen LogP contribution >= 0.6 is 11.3 Å². The summed E-state index contributed by atoms with van der Waals surface area (Å²) in [6.45, 7) is 9.45. The number of rotatable bonds is 8. The number of anilines is 1. The highest BCUT2D eigenvalue weighted by Crippen LogP contribution is 2.35. The minimum atomic E-state index is 0.387. The van der Waals surface area contributed by atoms with Crippen molar-refractivity contribution in [2.45, 2.75) is 20.3 Å². The molecule has 1 aliphatic rings. The molecule has 174 valence electrons. The van der Waals surface area contributed by atoms with Crippen molar-refractivity contribution in [3.05, 3.63) is 59.0 Å². The summed E-state index contributed by atoms with van der Waals surface area (Å²) in [5, 5.41) is 5.82.